The quantitative estimate of drug-likeness (QED) is 0.339. The Kier molecular flexibility index (Phi) is 4.78. The Balaban J connectivity index is 2.16. The fraction of sp³-hybridized carbons (Fsp3) is 0. The monoisotopic (exact) mass is 344 g/mol. The van der Waals surface area contributed by atoms with Crippen LogP contribution in [0.3, 0.4) is 0 Å². The summed E-state index contributed by atoms with van der Waals surface area (Å²) in [7, 11) is 0. The number of rotatable bonds is 2. The van der Waals surface area contributed by atoms with Gasteiger partial charge in [0.15, 0.2) is 5.71 Å². The van der Waals surface area contributed by atoms with Gasteiger partial charge >= 0.3 is 0 Å². The van der Waals surface area contributed by atoms with Gasteiger partial charge in [0.2, 0.25) is 6.19 Å². The minimum absolute atomic E-state index is 0.349. The van der Waals surface area contributed by atoms with E-state index in [-0.39, 0.29) is 11.6 Å². The molecule has 1 aliphatic rings. The molecule has 0 unspecified atom stereocenters. The third-order valence-corrected chi connectivity index (χ3v) is 3.75. The van der Waals surface area contributed by atoms with Crippen LogP contribution in [0.4, 0.5) is 8.78 Å². The lowest BCUT2D eigenvalue weighted by Gasteiger charge is -2.16. The average molecular weight is 344 g/mol. The van der Waals surface area contributed by atoms with Gasteiger partial charge < -0.3 is 0 Å². The van der Waals surface area contributed by atoms with E-state index in [1.165, 1.54) is 24.3 Å². The van der Waals surface area contributed by atoms with E-state index < -0.39 is 0 Å². The maximum atomic E-state index is 13.2. The van der Waals surface area contributed by atoms with Crippen molar-refractivity contribution in [1.82, 2.24) is 0 Å². The van der Waals surface area contributed by atoms with Gasteiger partial charge in [0.05, 0.1) is 10.8 Å². The van der Waals surface area contributed by atoms with Crippen molar-refractivity contribution in [2.75, 3.05) is 0 Å². The Labute approximate surface area is 148 Å². The van der Waals surface area contributed by atoms with E-state index in [0.29, 0.717) is 33.7 Å². The highest BCUT2D eigenvalue weighted by Crippen LogP contribution is 2.29. The summed E-state index contributed by atoms with van der Waals surface area (Å²) in [5.74, 6) is -0.774. The van der Waals surface area contributed by atoms with Crippen molar-refractivity contribution in [3.8, 4) is 6.19 Å². The van der Waals surface area contributed by atoms with Gasteiger partial charge in [0, 0.05) is 11.1 Å². The molecule has 4 nitrogen and oxygen atoms in total. The molecule has 0 amide bonds. The highest BCUT2D eigenvalue weighted by molar-refractivity contribution is 6.46. The number of aliphatic imine (C=N–C) groups is 1. The van der Waals surface area contributed by atoms with Gasteiger partial charge in [-0.2, -0.15) is 16.8 Å². The SMILES string of the molecule is [C-]#[N+]/N=C1/C=C(c2ccc(F)cc2)C(=NC#N)C=C1c1ccc(F)cc1. The minimum atomic E-state index is -0.387. The lowest BCUT2D eigenvalue weighted by molar-refractivity contribution is 0.627. The molecule has 124 valence electrons. The Bertz CT molecular complexity index is 957. The highest BCUT2D eigenvalue weighted by atomic mass is 19.1. The summed E-state index contributed by atoms with van der Waals surface area (Å²) in [5, 5.41) is 12.8. The third-order valence-electron chi connectivity index (χ3n) is 3.75. The van der Waals surface area contributed by atoms with Crippen LogP contribution in [0.15, 0.2) is 70.8 Å². The molecule has 6 heteroatoms. The van der Waals surface area contributed by atoms with Crippen LogP contribution < -0.4 is 0 Å². The number of hydrogen-bond acceptors (Lipinski definition) is 3. The zero-order valence-electron chi connectivity index (χ0n) is 13.3. The molecule has 2 aromatic carbocycles. The summed E-state index contributed by atoms with van der Waals surface area (Å²) < 4.78 is 26.4. The molecule has 0 radical (unpaired) electrons. The first-order valence-corrected chi connectivity index (χ1v) is 7.49. The topological polar surface area (TPSA) is 52.9 Å². The summed E-state index contributed by atoms with van der Waals surface area (Å²) in [6.45, 7) is 7.04. The van der Waals surface area contributed by atoms with Gasteiger partial charge in [-0.3, -0.25) is 0 Å². The largest absolute Gasteiger partial charge is 0.207 e. The van der Waals surface area contributed by atoms with Crippen LogP contribution in [0.2, 0.25) is 0 Å². The van der Waals surface area contributed by atoms with E-state index in [2.05, 4.69) is 15.0 Å². The van der Waals surface area contributed by atoms with E-state index in [1.54, 1.807) is 42.6 Å². The summed E-state index contributed by atoms with van der Waals surface area (Å²) in [5.41, 5.74) is 3.05. The molecule has 1 aliphatic carbocycles. The molecule has 3 rings (SSSR count). The van der Waals surface area contributed by atoms with Gasteiger partial charge in [-0.25, -0.2) is 8.78 Å². The number of nitrogens with zero attached hydrogens (tertiary/aromatic N) is 4. The summed E-state index contributed by atoms with van der Waals surface area (Å²) in [4.78, 5) is 6.91. The number of halogens is 2. The molecule has 0 saturated heterocycles. The summed E-state index contributed by atoms with van der Waals surface area (Å²) in [6, 6.07) is 11.4. The molecule has 0 aliphatic heterocycles. The summed E-state index contributed by atoms with van der Waals surface area (Å²) in [6.07, 6.45) is 4.97. The van der Waals surface area contributed by atoms with Crippen LogP contribution in [-0.2, 0) is 0 Å². The van der Waals surface area contributed by atoms with Gasteiger partial charge in [0.25, 0.3) is 0 Å². The molecule has 0 N–H and O–H groups in total. The number of benzene rings is 2. The zero-order chi connectivity index (χ0) is 18.5. The predicted octanol–water partition coefficient (Wildman–Crippen LogP) is 4.64. The van der Waals surface area contributed by atoms with Crippen molar-refractivity contribution in [1.29, 1.82) is 5.26 Å². The van der Waals surface area contributed by atoms with Crippen molar-refractivity contribution in [3.05, 3.63) is 95.0 Å². The summed E-state index contributed by atoms with van der Waals surface area (Å²) >= 11 is 0. The molecule has 0 saturated carbocycles. The molecular weight excluding hydrogens is 334 g/mol. The smallest absolute Gasteiger partial charge is 0.206 e. The standard InChI is InChI=1S/C20H10F2N4/c1-24-26-20-11-17(13-2-6-15(21)7-3-13)19(25-12-23)10-18(20)14-4-8-16(22)9-5-14/h2-11H/b25-19?,26-20-. The average Bonchev–Trinajstić information content (AvgIpc) is 2.64. The number of allylic oxidation sites excluding steroid dienone is 4. The highest BCUT2D eigenvalue weighted by Gasteiger charge is 2.22. The molecule has 0 heterocycles. The van der Waals surface area contributed by atoms with Gasteiger partial charge in [-0.15, -0.1) is 4.95 Å². The van der Waals surface area contributed by atoms with Crippen molar-refractivity contribution >= 4 is 22.6 Å². The van der Waals surface area contributed by atoms with Gasteiger partial charge in [-0.05, 0) is 47.5 Å². The minimum Gasteiger partial charge on any atom is -0.207 e. The van der Waals surface area contributed by atoms with E-state index in [9.17, 15) is 8.78 Å². The second-order valence-electron chi connectivity index (χ2n) is 5.31. The maximum absolute atomic E-state index is 13.2. The van der Waals surface area contributed by atoms with E-state index in [4.69, 9.17) is 11.8 Å². The van der Waals surface area contributed by atoms with Crippen molar-refractivity contribution in [2.24, 2.45) is 10.1 Å². The Morgan fingerprint density at radius 3 is 1.73 bits per heavy atom. The fourth-order valence-electron chi connectivity index (χ4n) is 2.58. The number of hydrogen-bond donors (Lipinski definition) is 0. The first-order chi connectivity index (χ1) is 12.6. The molecule has 26 heavy (non-hydrogen) atoms. The fourth-order valence-corrected chi connectivity index (χ4v) is 2.58. The molecular formula is C20H10F2N4. The Morgan fingerprint density at radius 2 is 1.27 bits per heavy atom. The normalized spacial score (nSPS) is 16.6. The predicted molar refractivity (Wildman–Crippen MR) is 95.8 cm³/mol. The van der Waals surface area contributed by atoms with Crippen LogP contribution >= 0.6 is 0 Å². The van der Waals surface area contributed by atoms with Gasteiger partial charge in [-0.1, -0.05) is 24.3 Å². The molecule has 0 aromatic heterocycles. The first kappa shape index (κ1) is 16.9. The zero-order valence-corrected chi connectivity index (χ0v) is 13.3. The van der Waals surface area contributed by atoms with Crippen LogP contribution in [0, 0.1) is 29.7 Å². The first-order valence-electron chi connectivity index (χ1n) is 7.49. The van der Waals surface area contributed by atoms with Gasteiger partial charge in [0.1, 0.15) is 11.6 Å². The third kappa shape index (κ3) is 3.45. The van der Waals surface area contributed by atoms with Crippen molar-refractivity contribution < 1.29 is 8.78 Å². The Hall–Kier alpha value is -3.90. The van der Waals surface area contributed by atoms with Crippen LogP contribution in [0.1, 0.15) is 11.1 Å². The lowest BCUT2D eigenvalue weighted by atomic mass is 9.88. The van der Waals surface area contributed by atoms with Crippen LogP contribution in [0.5, 0.6) is 0 Å². The van der Waals surface area contributed by atoms with Crippen LogP contribution in [-0.4, -0.2) is 11.4 Å². The molecule has 0 atom stereocenters. The van der Waals surface area contributed by atoms with E-state index in [1.807, 2.05) is 0 Å². The van der Waals surface area contributed by atoms with E-state index in [0.717, 1.165) is 0 Å². The molecule has 0 fully saturated rings. The molecule has 0 spiro atoms. The molecule has 0 bridgehead atoms. The second-order valence-corrected chi connectivity index (χ2v) is 5.31. The van der Waals surface area contributed by atoms with E-state index >= 15 is 0 Å². The maximum Gasteiger partial charge on any atom is 0.206 e. The van der Waals surface area contributed by atoms with Crippen molar-refractivity contribution in [2.45, 2.75) is 0 Å². The van der Waals surface area contributed by atoms with Crippen LogP contribution in [0.25, 0.3) is 16.1 Å². The molecule has 2 aromatic rings. The number of nitriles is 1. The van der Waals surface area contributed by atoms with Crippen molar-refractivity contribution in [3.63, 3.8) is 0 Å². The Morgan fingerprint density at radius 1 is 0.808 bits per heavy atom. The lowest BCUT2D eigenvalue weighted by Crippen LogP contribution is -2.12. The second kappa shape index (κ2) is 7.33.